The number of hydrogen-bond acceptors (Lipinski definition) is 3. The summed E-state index contributed by atoms with van der Waals surface area (Å²) in [5, 5.41) is 0. The van der Waals surface area contributed by atoms with Crippen molar-refractivity contribution in [3.63, 3.8) is 0 Å². The lowest BCUT2D eigenvalue weighted by molar-refractivity contribution is -0.145. The van der Waals surface area contributed by atoms with Crippen LogP contribution in [0.4, 0.5) is 0 Å². The SMILES string of the molecule is COC(=O)C1CCCc2nc(-c3ccccc3C)cn21. The van der Waals surface area contributed by atoms with Crippen LogP contribution in [-0.4, -0.2) is 22.6 Å². The average Bonchev–Trinajstić information content (AvgIpc) is 2.90. The summed E-state index contributed by atoms with van der Waals surface area (Å²) in [5.74, 6) is 0.796. The number of aryl methyl sites for hydroxylation is 2. The van der Waals surface area contributed by atoms with Crippen LogP contribution in [0.5, 0.6) is 0 Å². The summed E-state index contributed by atoms with van der Waals surface area (Å²) in [5.41, 5.74) is 3.25. The van der Waals surface area contributed by atoms with Crippen LogP contribution in [0.2, 0.25) is 0 Å². The first kappa shape index (κ1) is 12.9. The normalized spacial score (nSPS) is 17.6. The number of benzene rings is 1. The first-order valence-electron chi connectivity index (χ1n) is 6.92. The number of esters is 1. The van der Waals surface area contributed by atoms with Gasteiger partial charge in [-0.25, -0.2) is 9.78 Å². The second-order valence-corrected chi connectivity index (χ2v) is 5.20. The van der Waals surface area contributed by atoms with Crippen molar-refractivity contribution in [2.24, 2.45) is 0 Å². The van der Waals surface area contributed by atoms with Gasteiger partial charge in [-0.05, 0) is 25.3 Å². The van der Waals surface area contributed by atoms with Gasteiger partial charge in [-0.2, -0.15) is 0 Å². The fourth-order valence-corrected chi connectivity index (χ4v) is 2.84. The third kappa shape index (κ3) is 2.11. The van der Waals surface area contributed by atoms with Crippen LogP contribution in [0.1, 0.15) is 30.3 Å². The summed E-state index contributed by atoms with van der Waals surface area (Å²) < 4.78 is 6.88. The first-order valence-corrected chi connectivity index (χ1v) is 6.92. The minimum atomic E-state index is -0.228. The highest BCUT2D eigenvalue weighted by molar-refractivity contribution is 5.75. The van der Waals surface area contributed by atoms with Crippen LogP contribution >= 0.6 is 0 Å². The van der Waals surface area contributed by atoms with Crippen molar-refractivity contribution in [1.29, 1.82) is 0 Å². The van der Waals surface area contributed by atoms with Gasteiger partial charge in [-0.1, -0.05) is 24.3 Å². The van der Waals surface area contributed by atoms with Gasteiger partial charge in [-0.15, -0.1) is 0 Å². The molecule has 1 aliphatic heterocycles. The lowest BCUT2D eigenvalue weighted by Crippen LogP contribution is -2.25. The zero-order chi connectivity index (χ0) is 14.1. The number of fused-ring (bicyclic) bond motifs is 1. The molecule has 0 spiro atoms. The van der Waals surface area contributed by atoms with Crippen molar-refractivity contribution < 1.29 is 9.53 Å². The van der Waals surface area contributed by atoms with Crippen LogP contribution < -0.4 is 0 Å². The monoisotopic (exact) mass is 270 g/mol. The van der Waals surface area contributed by atoms with E-state index in [2.05, 4.69) is 19.1 Å². The molecule has 20 heavy (non-hydrogen) atoms. The number of rotatable bonds is 2. The van der Waals surface area contributed by atoms with E-state index in [4.69, 9.17) is 9.72 Å². The molecule has 0 N–H and O–H groups in total. The predicted molar refractivity (Wildman–Crippen MR) is 76.4 cm³/mol. The molecule has 0 aliphatic carbocycles. The van der Waals surface area contributed by atoms with Gasteiger partial charge < -0.3 is 9.30 Å². The Kier molecular flexibility index (Phi) is 3.30. The van der Waals surface area contributed by atoms with Crippen LogP contribution in [-0.2, 0) is 16.0 Å². The standard InChI is InChI=1S/C16H18N2O2/c1-11-6-3-4-7-12(11)13-10-18-14(16(19)20-2)8-5-9-15(18)17-13/h3-4,6-7,10,14H,5,8-9H2,1-2H3. The van der Waals surface area contributed by atoms with E-state index >= 15 is 0 Å². The Labute approximate surface area is 118 Å². The summed E-state index contributed by atoms with van der Waals surface area (Å²) >= 11 is 0. The minimum Gasteiger partial charge on any atom is -0.467 e. The largest absolute Gasteiger partial charge is 0.467 e. The number of imidazole rings is 1. The van der Waals surface area contributed by atoms with Crippen molar-refractivity contribution in [1.82, 2.24) is 9.55 Å². The molecule has 1 aliphatic rings. The summed E-state index contributed by atoms with van der Waals surface area (Å²) in [6.45, 7) is 2.07. The van der Waals surface area contributed by atoms with Crippen LogP contribution in [0.25, 0.3) is 11.3 Å². The molecule has 1 aromatic carbocycles. The Bertz CT molecular complexity index is 646. The fraction of sp³-hybridized carbons (Fsp3) is 0.375. The number of carbonyl (C=O) groups excluding carboxylic acids is 1. The Morgan fingerprint density at radius 2 is 2.20 bits per heavy atom. The van der Waals surface area contributed by atoms with Gasteiger partial charge in [0.2, 0.25) is 0 Å². The molecule has 0 bridgehead atoms. The highest BCUT2D eigenvalue weighted by atomic mass is 16.5. The second kappa shape index (κ2) is 5.12. The van der Waals surface area contributed by atoms with Crippen LogP contribution in [0.15, 0.2) is 30.5 Å². The smallest absolute Gasteiger partial charge is 0.328 e. The molecule has 104 valence electrons. The summed E-state index contributed by atoms with van der Waals surface area (Å²) in [6, 6.07) is 7.95. The molecule has 0 saturated heterocycles. The van der Waals surface area contributed by atoms with E-state index in [9.17, 15) is 4.79 Å². The Hall–Kier alpha value is -2.10. The molecule has 1 aromatic heterocycles. The molecule has 0 fully saturated rings. The molecule has 0 radical (unpaired) electrons. The van der Waals surface area contributed by atoms with E-state index in [0.29, 0.717) is 0 Å². The topological polar surface area (TPSA) is 44.1 Å². The zero-order valence-electron chi connectivity index (χ0n) is 11.8. The fourth-order valence-electron chi connectivity index (χ4n) is 2.84. The Morgan fingerprint density at radius 3 is 2.95 bits per heavy atom. The van der Waals surface area contributed by atoms with Crippen molar-refractivity contribution in [2.75, 3.05) is 7.11 Å². The quantitative estimate of drug-likeness (QED) is 0.788. The van der Waals surface area contributed by atoms with E-state index in [-0.39, 0.29) is 12.0 Å². The molecule has 0 amide bonds. The van der Waals surface area contributed by atoms with E-state index in [0.717, 1.165) is 36.3 Å². The summed E-state index contributed by atoms with van der Waals surface area (Å²) in [7, 11) is 1.44. The molecule has 2 aromatic rings. The maximum Gasteiger partial charge on any atom is 0.328 e. The molecule has 1 unspecified atom stereocenters. The predicted octanol–water partition coefficient (Wildman–Crippen LogP) is 2.91. The van der Waals surface area contributed by atoms with Crippen molar-refractivity contribution >= 4 is 5.97 Å². The summed E-state index contributed by atoms with van der Waals surface area (Å²) in [6.07, 6.45) is 4.70. The lowest BCUT2D eigenvalue weighted by Gasteiger charge is -2.22. The third-order valence-electron chi connectivity index (χ3n) is 3.92. The highest BCUT2D eigenvalue weighted by Crippen LogP contribution is 2.30. The molecule has 3 rings (SSSR count). The average molecular weight is 270 g/mol. The van der Waals surface area contributed by atoms with Gasteiger partial charge in [0.15, 0.2) is 0 Å². The maximum absolute atomic E-state index is 11.9. The molecular weight excluding hydrogens is 252 g/mol. The number of carbonyl (C=O) groups is 1. The lowest BCUT2D eigenvalue weighted by atomic mass is 10.0. The third-order valence-corrected chi connectivity index (χ3v) is 3.92. The molecule has 1 atom stereocenters. The van der Waals surface area contributed by atoms with E-state index in [1.54, 1.807) is 0 Å². The number of nitrogens with zero attached hydrogens (tertiary/aromatic N) is 2. The van der Waals surface area contributed by atoms with Crippen molar-refractivity contribution in [3.8, 4) is 11.3 Å². The molecular formula is C16H18N2O2. The number of ether oxygens (including phenoxy) is 1. The van der Waals surface area contributed by atoms with Crippen molar-refractivity contribution in [2.45, 2.75) is 32.2 Å². The van der Waals surface area contributed by atoms with Gasteiger partial charge in [0.05, 0.1) is 12.8 Å². The number of hydrogen-bond donors (Lipinski definition) is 0. The minimum absolute atomic E-state index is 0.181. The molecule has 2 heterocycles. The zero-order valence-corrected chi connectivity index (χ0v) is 11.8. The Balaban J connectivity index is 2.04. The first-order chi connectivity index (χ1) is 9.70. The number of methoxy groups -OCH3 is 1. The van der Waals surface area contributed by atoms with E-state index in [1.165, 1.54) is 12.7 Å². The molecule has 0 saturated carbocycles. The van der Waals surface area contributed by atoms with Gasteiger partial charge >= 0.3 is 5.97 Å². The van der Waals surface area contributed by atoms with Crippen molar-refractivity contribution in [3.05, 3.63) is 41.9 Å². The summed E-state index contributed by atoms with van der Waals surface area (Å²) in [4.78, 5) is 16.6. The number of aromatic nitrogens is 2. The molecule has 4 heteroatoms. The highest BCUT2D eigenvalue weighted by Gasteiger charge is 2.28. The Morgan fingerprint density at radius 1 is 1.40 bits per heavy atom. The van der Waals surface area contributed by atoms with Crippen LogP contribution in [0, 0.1) is 6.92 Å². The molecule has 4 nitrogen and oxygen atoms in total. The van der Waals surface area contributed by atoms with Gasteiger partial charge in [0.25, 0.3) is 0 Å². The van der Waals surface area contributed by atoms with Gasteiger partial charge in [0, 0.05) is 18.2 Å². The van der Waals surface area contributed by atoms with Crippen LogP contribution in [0.3, 0.4) is 0 Å². The van der Waals surface area contributed by atoms with Gasteiger partial charge in [0.1, 0.15) is 11.9 Å². The van der Waals surface area contributed by atoms with Gasteiger partial charge in [-0.3, -0.25) is 0 Å². The maximum atomic E-state index is 11.9. The van der Waals surface area contributed by atoms with E-state index in [1.807, 2.05) is 22.9 Å². The second-order valence-electron chi connectivity index (χ2n) is 5.20. The van der Waals surface area contributed by atoms with E-state index < -0.39 is 0 Å².